The predicted molar refractivity (Wildman–Crippen MR) is 130 cm³/mol. The van der Waals surface area contributed by atoms with Crippen molar-refractivity contribution in [2.75, 3.05) is 44.8 Å². The Bertz CT molecular complexity index is 1090. The van der Waals surface area contributed by atoms with Crippen LogP contribution in [0.15, 0.2) is 66.9 Å². The molecule has 1 saturated heterocycles. The quantitative estimate of drug-likeness (QED) is 0.538. The summed E-state index contributed by atoms with van der Waals surface area (Å²) in [4.78, 5) is 9.10. The first-order chi connectivity index (χ1) is 16.2. The molecule has 1 fully saturated rings. The lowest BCUT2D eigenvalue weighted by Gasteiger charge is -2.37. The summed E-state index contributed by atoms with van der Waals surface area (Å²) < 4.78 is 11.0. The van der Waals surface area contributed by atoms with Crippen molar-refractivity contribution in [1.82, 2.24) is 9.88 Å². The molecule has 1 unspecified atom stereocenters. The Kier molecular flexibility index (Phi) is 7.46. The van der Waals surface area contributed by atoms with Crippen LogP contribution < -0.4 is 14.4 Å². The second kappa shape index (κ2) is 10.9. The third kappa shape index (κ3) is 5.46. The van der Waals surface area contributed by atoms with Crippen molar-refractivity contribution in [2.45, 2.75) is 12.6 Å². The van der Waals surface area contributed by atoms with Gasteiger partial charge in [0.1, 0.15) is 12.7 Å². The van der Waals surface area contributed by atoms with Gasteiger partial charge in [0.25, 0.3) is 0 Å². The highest BCUT2D eigenvalue weighted by molar-refractivity contribution is 5.56. The molecule has 1 N–H and O–H groups in total. The SMILES string of the molecule is C#CCOc1ccc(CN2CCN(c3ccccc3C(O)c3ccccn3)CC2)cc1OC. The van der Waals surface area contributed by atoms with Crippen molar-refractivity contribution in [3.05, 3.63) is 83.7 Å². The largest absolute Gasteiger partial charge is 0.493 e. The maximum Gasteiger partial charge on any atom is 0.162 e. The molecule has 0 radical (unpaired) electrons. The molecule has 4 rings (SSSR count). The third-order valence-corrected chi connectivity index (χ3v) is 5.86. The molecule has 0 spiro atoms. The number of terminal acetylenes is 1. The Morgan fingerprint density at radius 2 is 1.82 bits per heavy atom. The summed E-state index contributed by atoms with van der Waals surface area (Å²) in [5.41, 5.74) is 3.77. The molecule has 3 aromatic rings. The summed E-state index contributed by atoms with van der Waals surface area (Å²) in [5, 5.41) is 10.9. The Labute approximate surface area is 195 Å². The predicted octanol–water partition coefficient (Wildman–Crippen LogP) is 3.51. The molecule has 6 heteroatoms. The van der Waals surface area contributed by atoms with Gasteiger partial charge in [-0.15, -0.1) is 6.42 Å². The fourth-order valence-electron chi connectivity index (χ4n) is 4.16. The number of methoxy groups -OCH3 is 1. The first kappa shape index (κ1) is 22.7. The minimum Gasteiger partial charge on any atom is -0.493 e. The standard InChI is InChI=1S/C27H29N3O3/c1-3-18-33-25-12-11-21(19-26(25)32-2)20-29-14-16-30(17-15-29)24-10-5-4-8-22(24)27(31)23-9-6-7-13-28-23/h1,4-13,19,27,31H,14-18,20H2,2H3. The van der Waals surface area contributed by atoms with Crippen molar-refractivity contribution >= 4 is 5.69 Å². The molecule has 0 saturated carbocycles. The molecule has 0 aliphatic carbocycles. The van der Waals surface area contributed by atoms with Crippen LogP contribution in [0.1, 0.15) is 22.9 Å². The van der Waals surface area contributed by atoms with Crippen LogP contribution in [0.25, 0.3) is 0 Å². The molecule has 1 aliphatic rings. The van der Waals surface area contributed by atoms with Gasteiger partial charge in [0.05, 0.1) is 12.8 Å². The summed E-state index contributed by atoms with van der Waals surface area (Å²) >= 11 is 0. The summed E-state index contributed by atoms with van der Waals surface area (Å²) in [5.74, 6) is 3.83. The van der Waals surface area contributed by atoms with Gasteiger partial charge in [-0.1, -0.05) is 36.3 Å². The van der Waals surface area contributed by atoms with E-state index in [2.05, 4.69) is 32.8 Å². The van der Waals surface area contributed by atoms with Gasteiger partial charge < -0.3 is 19.5 Å². The second-order valence-electron chi connectivity index (χ2n) is 7.96. The Morgan fingerprint density at radius 3 is 2.55 bits per heavy atom. The van der Waals surface area contributed by atoms with Crippen LogP contribution in [-0.2, 0) is 6.54 Å². The number of ether oxygens (including phenoxy) is 2. The van der Waals surface area contributed by atoms with Gasteiger partial charge in [-0.2, -0.15) is 0 Å². The van der Waals surface area contributed by atoms with Crippen molar-refractivity contribution in [3.63, 3.8) is 0 Å². The van der Waals surface area contributed by atoms with E-state index >= 15 is 0 Å². The van der Waals surface area contributed by atoms with E-state index in [1.165, 1.54) is 5.56 Å². The van der Waals surface area contributed by atoms with E-state index in [0.29, 0.717) is 17.2 Å². The number of aliphatic hydroxyl groups excluding tert-OH is 1. The van der Waals surface area contributed by atoms with E-state index in [1.54, 1.807) is 13.3 Å². The molecule has 0 amide bonds. The topological polar surface area (TPSA) is 58.1 Å². The maximum absolute atomic E-state index is 10.9. The van der Waals surface area contributed by atoms with E-state index < -0.39 is 6.10 Å². The van der Waals surface area contributed by atoms with Gasteiger partial charge in [0.15, 0.2) is 11.5 Å². The molecule has 170 valence electrons. The summed E-state index contributed by atoms with van der Waals surface area (Å²) in [7, 11) is 1.64. The highest BCUT2D eigenvalue weighted by atomic mass is 16.5. The number of aliphatic hydroxyl groups is 1. The van der Waals surface area contributed by atoms with Crippen LogP contribution in [0.3, 0.4) is 0 Å². The van der Waals surface area contributed by atoms with Crippen molar-refractivity contribution in [2.24, 2.45) is 0 Å². The molecule has 2 aromatic carbocycles. The number of hydrogen-bond acceptors (Lipinski definition) is 6. The number of piperazine rings is 1. The Hall–Kier alpha value is -3.53. The molecule has 1 atom stereocenters. The molecule has 6 nitrogen and oxygen atoms in total. The Morgan fingerprint density at radius 1 is 1.03 bits per heavy atom. The van der Waals surface area contributed by atoms with Gasteiger partial charge in [0, 0.05) is 50.2 Å². The lowest BCUT2D eigenvalue weighted by Crippen LogP contribution is -2.46. The normalized spacial score (nSPS) is 15.0. The van der Waals surface area contributed by atoms with E-state index in [9.17, 15) is 5.11 Å². The summed E-state index contributed by atoms with van der Waals surface area (Å²) in [6.45, 7) is 4.66. The molecule has 33 heavy (non-hydrogen) atoms. The van der Waals surface area contributed by atoms with E-state index in [1.807, 2.05) is 48.5 Å². The summed E-state index contributed by atoms with van der Waals surface area (Å²) in [6.07, 6.45) is 6.25. The lowest BCUT2D eigenvalue weighted by atomic mass is 10.0. The zero-order valence-electron chi connectivity index (χ0n) is 18.9. The number of pyridine rings is 1. The van der Waals surface area contributed by atoms with Crippen LogP contribution in [-0.4, -0.2) is 54.9 Å². The number of benzene rings is 2. The molecule has 2 heterocycles. The van der Waals surface area contributed by atoms with Gasteiger partial charge in [-0.25, -0.2) is 0 Å². The average Bonchev–Trinajstić information content (AvgIpc) is 2.88. The van der Waals surface area contributed by atoms with Crippen LogP contribution >= 0.6 is 0 Å². The second-order valence-corrected chi connectivity index (χ2v) is 7.96. The van der Waals surface area contributed by atoms with Gasteiger partial charge in [-0.3, -0.25) is 9.88 Å². The molecule has 1 aliphatic heterocycles. The minimum atomic E-state index is -0.747. The number of aromatic nitrogens is 1. The first-order valence-corrected chi connectivity index (χ1v) is 11.1. The highest BCUT2D eigenvalue weighted by Crippen LogP contribution is 2.31. The molecular weight excluding hydrogens is 414 g/mol. The monoisotopic (exact) mass is 443 g/mol. The molecule has 0 bridgehead atoms. The van der Waals surface area contributed by atoms with Crippen LogP contribution in [0.2, 0.25) is 0 Å². The fraction of sp³-hybridized carbons (Fsp3) is 0.296. The minimum absolute atomic E-state index is 0.216. The molecule has 1 aromatic heterocycles. The lowest BCUT2D eigenvalue weighted by molar-refractivity contribution is 0.214. The van der Waals surface area contributed by atoms with Crippen molar-refractivity contribution in [3.8, 4) is 23.8 Å². The zero-order valence-corrected chi connectivity index (χ0v) is 18.9. The third-order valence-electron chi connectivity index (χ3n) is 5.86. The number of hydrogen-bond donors (Lipinski definition) is 1. The maximum atomic E-state index is 10.9. The van der Waals surface area contributed by atoms with E-state index in [4.69, 9.17) is 15.9 Å². The van der Waals surface area contributed by atoms with Crippen molar-refractivity contribution < 1.29 is 14.6 Å². The first-order valence-electron chi connectivity index (χ1n) is 11.1. The average molecular weight is 444 g/mol. The van der Waals surface area contributed by atoms with Crippen molar-refractivity contribution in [1.29, 1.82) is 0 Å². The number of para-hydroxylation sites is 1. The molecular formula is C27H29N3O3. The Balaban J connectivity index is 1.41. The fourth-order valence-corrected chi connectivity index (χ4v) is 4.16. The highest BCUT2D eigenvalue weighted by Gasteiger charge is 2.23. The smallest absolute Gasteiger partial charge is 0.162 e. The van der Waals surface area contributed by atoms with Gasteiger partial charge in [0.2, 0.25) is 0 Å². The van der Waals surface area contributed by atoms with E-state index in [0.717, 1.165) is 44.0 Å². The number of anilines is 1. The van der Waals surface area contributed by atoms with Crippen LogP contribution in [0, 0.1) is 12.3 Å². The number of nitrogens with zero attached hydrogens (tertiary/aromatic N) is 3. The number of rotatable bonds is 8. The zero-order chi connectivity index (χ0) is 23.0. The van der Waals surface area contributed by atoms with Crippen LogP contribution in [0.5, 0.6) is 11.5 Å². The van der Waals surface area contributed by atoms with Gasteiger partial charge in [-0.05, 0) is 35.9 Å². The van der Waals surface area contributed by atoms with E-state index in [-0.39, 0.29) is 6.61 Å². The van der Waals surface area contributed by atoms with Gasteiger partial charge >= 0.3 is 0 Å². The summed E-state index contributed by atoms with van der Waals surface area (Å²) in [6, 6.07) is 19.6. The van der Waals surface area contributed by atoms with Crippen LogP contribution in [0.4, 0.5) is 5.69 Å².